The summed E-state index contributed by atoms with van der Waals surface area (Å²) in [7, 11) is 1.57. The Morgan fingerprint density at radius 1 is 1.18 bits per heavy atom. The highest BCUT2D eigenvalue weighted by Gasteiger charge is 2.26. The third kappa shape index (κ3) is 5.45. The van der Waals surface area contributed by atoms with Gasteiger partial charge in [0.25, 0.3) is 0 Å². The van der Waals surface area contributed by atoms with Crippen LogP contribution in [-0.2, 0) is 4.79 Å². The molecule has 0 bridgehead atoms. The summed E-state index contributed by atoms with van der Waals surface area (Å²) in [6.45, 7) is 3.70. The van der Waals surface area contributed by atoms with Gasteiger partial charge >= 0.3 is 5.91 Å². The highest BCUT2D eigenvalue weighted by Crippen LogP contribution is 2.32. The van der Waals surface area contributed by atoms with Crippen LogP contribution >= 0.6 is 11.6 Å². The number of likely N-dealkylation sites (tertiary alicyclic amines) is 1. The van der Waals surface area contributed by atoms with E-state index in [2.05, 4.69) is 4.90 Å². The Labute approximate surface area is 198 Å². The Morgan fingerprint density at radius 3 is 2.64 bits per heavy atom. The summed E-state index contributed by atoms with van der Waals surface area (Å²) in [5.74, 6) is 0.851. The average Bonchev–Trinajstić information content (AvgIpc) is 3.53. The molecule has 2 heterocycles. The molecule has 7 nitrogen and oxygen atoms in total. The number of hydrogen-bond acceptors (Lipinski definition) is 5. The van der Waals surface area contributed by atoms with Gasteiger partial charge in [0.1, 0.15) is 12.8 Å². The van der Waals surface area contributed by atoms with Gasteiger partial charge in [0.2, 0.25) is 5.70 Å². The molecule has 33 heavy (non-hydrogen) atoms. The molecule has 2 aromatic rings. The SMILES string of the molecule is COc1cc(N(C=N)C(=O)C2=CC(c3ccc(Cl)cc3)=C[NH2+]2)ccc1OCCN1CCCC1. The standard InChI is InChI=1S/C25H27ClN4O3/c1-32-24-15-21(8-9-23(24)33-13-12-29-10-2-3-11-29)30(17-27)25(31)22-14-19(16-28-22)18-4-6-20(26)7-5-18/h4-9,14-17,27-28H,2-3,10-13H2,1H3/p+1. The lowest BCUT2D eigenvalue weighted by atomic mass is 10.1. The summed E-state index contributed by atoms with van der Waals surface area (Å²) in [4.78, 5) is 16.8. The van der Waals surface area contributed by atoms with Gasteiger partial charge < -0.3 is 9.47 Å². The first-order chi connectivity index (χ1) is 16.1. The minimum atomic E-state index is -0.296. The van der Waals surface area contributed by atoms with Crippen molar-refractivity contribution in [3.63, 3.8) is 0 Å². The zero-order valence-corrected chi connectivity index (χ0v) is 19.3. The van der Waals surface area contributed by atoms with Gasteiger partial charge in [0, 0.05) is 29.3 Å². The largest absolute Gasteiger partial charge is 0.493 e. The summed E-state index contributed by atoms with van der Waals surface area (Å²) in [5, 5.41) is 10.3. The van der Waals surface area contributed by atoms with Gasteiger partial charge in [-0.15, -0.1) is 0 Å². The normalized spacial score (nSPS) is 15.7. The Balaban J connectivity index is 1.45. The van der Waals surface area contributed by atoms with E-state index in [4.69, 9.17) is 26.5 Å². The molecular weight excluding hydrogens is 440 g/mol. The van der Waals surface area contributed by atoms with Crippen LogP contribution in [0.3, 0.4) is 0 Å². The maximum atomic E-state index is 13.2. The Morgan fingerprint density at radius 2 is 1.94 bits per heavy atom. The number of anilines is 1. The molecule has 0 atom stereocenters. The summed E-state index contributed by atoms with van der Waals surface area (Å²) < 4.78 is 11.4. The van der Waals surface area contributed by atoms with E-state index in [-0.39, 0.29) is 5.91 Å². The number of allylic oxidation sites excluding steroid dienone is 2. The lowest BCUT2D eigenvalue weighted by molar-refractivity contribution is -0.523. The molecule has 0 spiro atoms. The minimum Gasteiger partial charge on any atom is -0.493 e. The van der Waals surface area contributed by atoms with E-state index in [1.165, 1.54) is 17.7 Å². The minimum absolute atomic E-state index is 0.296. The molecule has 0 unspecified atom stereocenters. The van der Waals surface area contributed by atoms with Crippen LogP contribution in [0, 0.1) is 5.41 Å². The van der Waals surface area contributed by atoms with E-state index >= 15 is 0 Å². The van der Waals surface area contributed by atoms with Gasteiger partial charge in [-0.25, -0.2) is 0 Å². The molecule has 3 N–H and O–H groups in total. The van der Waals surface area contributed by atoms with Crippen molar-refractivity contribution in [3.05, 3.63) is 71.0 Å². The number of nitrogens with one attached hydrogen (secondary N) is 1. The molecule has 1 fully saturated rings. The molecule has 1 saturated heterocycles. The number of amides is 1. The van der Waals surface area contributed by atoms with Crippen LogP contribution in [-0.4, -0.2) is 50.5 Å². The fourth-order valence-electron chi connectivity index (χ4n) is 4.00. The first-order valence-corrected chi connectivity index (χ1v) is 11.4. The molecule has 0 aliphatic carbocycles. The van der Waals surface area contributed by atoms with Crippen molar-refractivity contribution in [2.24, 2.45) is 0 Å². The van der Waals surface area contributed by atoms with E-state index in [1.54, 1.807) is 30.6 Å². The molecule has 0 saturated carbocycles. The molecule has 8 heteroatoms. The van der Waals surface area contributed by atoms with Crippen LogP contribution in [0.2, 0.25) is 5.02 Å². The maximum absolute atomic E-state index is 13.2. The number of methoxy groups -OCH3 is 1. The Hall–Kier alpha value is -3.13. The van der Waals surface area contributed by atoms with E-state index in [0.717, 1.165) is 37.1 Å². The molecule has 2 aromatic carbocycles. The molecule has 0 radical (unpaired) electrons. The van der Waals surface area contributed by atoms with Gasteiger partial charge in [-0.3, -0.25) is 25.3 Å². The number of benzene rings is 2. The number of carbonyl (C=O) groups is 1. The van der Waals surface area contributed by atoms with Crippen LogP contribution in [0.5, 0.6) is 11.5 Å². The number of rotatable bonds is 9. The third-order valence-corrected chi connectivity index (χ3v) is 6.07. The van der Waals surface area contributed by atoms with Crippen molar-refractivity contribution in [1.82, 2.24) is 4.90 Å². The first-order valence-electron chi connectivity index (χ1n) is 11.0. The van der Waals surface area contributed by atoms with E-state index < -0.39 is 0 Å². The predicted octanol–water partition coefficient (Wildman–Crippen LogP) is 3.27. The van der Waals surface area contributed by atoms with Crippen molar-refractivity contribution < 1.29 is 19.6 Å². The lowest BCUT2D eigenvalue weighted by Gasteiger charge is -2.19. The first kappa shape index (κ1) is 23.0. The van der Waals surface area contributed by atoms with Crippen molar-refractivity contribution >= 4 is 35.1 Å². The zero-order chi connectivity index (χ0) is 23.2. The van der Waals surface area contributed by atoms with E-state index in [9.17, 15) is 4.79 Å². The van der Waals surface area contributed by atoms with Gasteiger partial charge in [0.05, 0.1) is 19.1 Å². The molecule has 1 amide bonds. The highest BCUT2D eigenvalue weighted by molar-refractivity contribution is 6.30. The summed E-state index contributed by atoms with van der Waals surface area (Å²) in [5.41, 5.74) is 2.91. The second kappa shape index (κ2) is 10.7. The Kier molecular flexibility index (Phi) is 7.44. The summed E-state index contributed by atoms with van der Waals surface area (Å²) >= 11 is 5.97. The lowest BCUT2D eigenvalue weighted by Crippen LogP contribution is -2.77. The third-order valence-electron chi connectivity index (χ3n) is 5.82. The smallest absolute Gasteiger partial charge is 0.317 e. The fraction of sp³-hybridized carbons (Fsp3) is 0.280. The van der Waals surface area contributed by atoms with Gasteiger partial charge in [0.15, 0.2) is 11.5 Å². The van der Waals surface area contributed by atoms with Crippen molar-refractivity contribution in [3.8, 4) is 11.5 Å². The fourth-order valence-corrected chi connectivity index (χ4v) is 4.13. The van der Waals surface area contributed by atoms with E-state index in [1.807, 2.05) is 36.5 Å². The molecule has 2 aliphatic rings. The number of nitrogens with two attached hydrogens (primary N) is 1. The number of hydrogen-bond donors (Lipinski definition) is 2. The van der Waals surface area contributed by atoms with Crippen molar-refractivity contribution in [2.75, 3.05) is 38.3 Å². The second-order valence-corrected chi connectivity index (χ2v) is 8.37. The predicted molar refractivity (Wildman–Crippen MR) is 130 cm³/mol. The number of halogens is 1. The maximum Gasteiger partial charge on any atom is 0.317 e. The van der Waals surface area contributed by atoms with Crippen molar-refractivity contribution in [1.29, 1.82) is 5.41 Å². The van der Waals surface area contributed by atoms with Gasteiger partial charge in [-0.05, 0) is 55.8 Å². The number of carbonyl (C=O) groups excluding carboxylic acids is 1. The van der Waals surface area contributed by atoms with Crippen LogP contribution in [0.1, 0.15) is 18.4 Å². The van der Waals surface area contributed by atoms with Crippen LogP contribution in [0.25, 0.3) is 5.57 Å². The highest BCUT2D eigenvalue weighted by atomic mass is 35.5. The summed E-state index contributed by atoms with van der Waals surface area (Å²) in [6.07, 6.45) is 7.21. The number of nitrogens with zero attached hydrogens (tertiary/aromatic N) is 2. The number of ether oxygens (including phenoxy) is 2. The van der Waals surface area contributed by atoms with Gasteiger partial charge in [-0.1, -0.05) is 23.7 Å². The number of quaternary nitrogens is 1. The molecular formula is C25H28ClN4O3+. The quantitative estimate of drug-likeness (QED) is 0.438. The van der Waals surface area contributed by atoms with Crippen LogP contribution in [0.4, 0.5) is 5.69 Å². The molecule has 172 valence electrons. The summed E-state index contributed by atoms with van der Waals surface area (Å²) in [6, 6.07) is 12.7. The monoisotopic (exact) mass is 467 g/mol. The van der Waals surface area contributed by atoms with Gasteiger partial charge in [-0.2, -0.15) is 0 Å². The molecule has 0 aromatic heterocycles. The van der Waals surface area contributed by atoms with Crippen LogP contribution < -0.4 is 19.7 Å². The van der Waals surface area contributed by atoms with Crippen LogP contribution in [0.15, 0.2) is 60.4 Å². The second-order valence-electron chi connectivity index (χ2n) is 7.93. The van der Waals surface area contributed by atoms with Crippen molar-refractivity contribution in [2.45, 2.75) is 12.8 Å². The Bertz CT molecular complexity index is 1080. The topological polar surface area (TPSA) is 82.5 Å². The molecule has 4 rings (SSSR count). The zero-order valence-electron chi connectivity index (χ0n) is 18.6. The average molecular weight is 468 g/mol. The van der Waals surface area contributed by atoms with E-state index in [0.29, 0.717) is 34.5 Å². The molecule has 2 aliphatic heterocycles.